The summed E-state index contributed by atoms with van der Waals surface area (Å²) in [4.78, 5) is 5.83. The summed E-state index contributed by atoms with van der Waals surface area (Å²) in [6.07, 6.45) is 3.53. The first-order valence-corrected chi connectivity index (χ1v) is 6.87. The number of fused-ring (bicyclic) bond motifs is 1. The van der Waals surface area contributed by atoms with E-state index in [0.29, 0.717) is 5.92 Å². The number of aromatic nitrogens is 1. The van der Waals surface area contributed by atoms with Crippen LogP contribution in [0.4, 0.5) is 5.13 Å². The molecule has 3 rings (SSSR count). The molecule has 1 aromatic heterocycles. The van der Waals surface area contributed by atoms with Crippen molar-refractivity contribution in [1.29, 1.82) is 0 Å². The van der Waals surface area contributed by atoms with E-state index in [1.807, 2.05) is 0 Å². The first-order chi connectivity index (χ1) is 8.24. The summed E-state index contributed by atoms with van der Waals surface area (Å²) in [5.41, 5.74) is 9.80. The van der Waals surface area contributed by atoms with Gasteiger partial charge in [0, 0.05) is 10.8 Å². The Balaban J connectivity index is 2.05. The van der Waals surface area contributed by atoms with Crippen LogP contribution in [0.25, 0.3) is 0 Å². The summed E-state index contributed by atoms with van der Waals surface area (Å²) in [5, 5.41) is 0.717. The van der Waals surface area contributed by atoms with Gasteiger partial charge in [-0.2, -0.15) is 0 Å². The van der Waals surface area contributed by atoms with Crippen LogP contribution in [0.2, 0.25) is 0 Å². The molecule has 1 aliphatic rings. The largest absolute Gasteiger partial charge is 0.375 e. The number of anilines is 1. The first-order valence-electron chi connectivity index (χ1n) is 6.05. The molecule has 88 valence electrons. The van der Waals surface area contributed by atoms with Gasteiger partial charge in [-0.1, -0.05) is 29.8 Å². The lowest BCUT2D eigenvalue weighted by Gasteiger charge is -2.21. The van der Waals surface area contributed by atoms with Crippen LogP contribution in [-0.4, -0.2) is 4.98 Å². The molecule has 2 aromatic rings. The normalized spacial score (nSPS) is 19.0. The van der Waals surface area contributed by atoms with Crippen molar-refractivity contribution in [2.45, 2.75) is 32.1 Å². The van der Waals surface area contributed by atoms with E-state index in [4.69, 9.17) is 5.73 Å². The second-order valence-electron chi connectivity index (χ2n) is 4.72. The lowest BCUT2D eigenvalue weighted by molar-refractivity contribution is 0.617. The minimum absolute atomic E-state index is 0.508. The molecule has 3 heteroatoms. The van der Waals surface area contributed by atoms with Gasteiger partial charge >= 0.3 is 0 Å². The van der Waals surface area contributed by atoms with Gasteiger partial charge in [0.25, 0.3) is 0 Å². The highest BCUT2D eigenvalue weighted by Crippen LogP contribution is 2.40. The Morgan fingerprint density at radius 3 is 3.12 bits per heavy atom. The molecule has 0 fully saturated rings. The van der Waals surface area contributed by atoms with Crippen molar-refractivity contribution in [2.75, 3.05) is 5.73 Å². The van der Waals surface area contributed by atoms with Gasteiger partial charge in [0.15, 0.2) is 5.13 Å². The zero-order valence-electron chi connectivity index (χ0n) is 9.94. The Labute approximate surface area is 106 Å². The maximum absolute atomic E-state index is 5.84. The maximum Gasteiger partial charge on any atom is 0.180 e. The van der Waals surface area contributed by atoms with Crippen molar-refractivity contribution in [1.82, 2.24) is 4.98 Å². The molecule has 0 amide bonds. The number of thiazole rings is 1. The summed E-state index contributed by atoms with van der Waals surface area (Å²) in [7, 11) is 0. The fourth-order valence-corrected chi connectivity index (χ4v) is 3.69. The maximum atomic E-state index is 5.84. The molecule has 0 saturated carbocycles. The molecular formula is C14H16N2S. The minimum Gasteiger partial charge on any atom is -0.375 e. The highest BCUT2D eigenvalue weighted by Gasteiger charge is 2.25. The van der Waals surface area contributed by atoms with Crippen LogP contribution in [0, 0.1) is 6.92 Å². The molecule has 2 N–H and O–H groups in total. The molecule has 0 radical (unpaired) electrons. The number of hydrogen-bond acceptors (Lipinski definition) is 3. The van der Waals surface area contributed by atoms with Gasteiger partial charge in [0.2, 0.25) is 0 Å². The fourth-order valence-electron chi connectivity index (χ4n) is 2.64. The van der Waals surface area contributed by atoms with Gasteiger partial charge in [0.1, 0.15) is 0 Å². The Morgan fingerprint density at radius 2 is 2.29 bits per heavy atom. The zero-order valence-corrected chi connectivity index (χ0v) is 10.8. The van der Waals surface area contributed by atoms with Gasteiger partial charge in [-0.3, -0.25) is 0 Å². The van der Waals surface area contributed by atoms with Crippen LogP contribution in [0.1, 0.15) is 40.5 Å². The van der Waals surface area contributed by atoms with Gasteiger partial charge in [-0.05, 0) is 31.7 Å². The SMILES string of the molecule is Cc1cccc(C2CCCc3nc(N)sc32)c1. The van der Waals surface area contributed by atoms with Crippen LogP contribution < -0.4 is 5.73 Å². The molecule has 2 nitrogen and oxygen atoms in total. The quantitative estimate of drug-likeness (QED) is 0.833. The molecular weight excluding hydrogens is 228 g/mol. The van der Waals surface area contributed by atoms with Gasteiger partial charge < -0.3 is 5.73 Å². The second-order valence-corrected chi connectivity index (χ2v) is 5.78. The Kier molecular flexibility index (Phi) is 2.63. The topological polar surface area (TPSA) is 38.9 Å². The second kappa shape index (κ2) is 4.15. The third-order valence-corrected chi connectivity index (χ3v) is 4.45. The Morgan fingerprint density at radius 1 is 1.41 bits per heavy atom. The molecule has 0 spiro atoms. The molecule has 0 saturated heterocycles. The third-order valence-electron chi connectivity index (χ3n) is 3.41. The summed E-state index contributed by atoms with van der Waals surface area (Å²) in [5.74, 6) is 0.508. The predicted octanol–water partition coefficient (Wildman–Crippen LogP) is 3.50. The molecule has 1 unspecified atom stereocenters. The van der Waals surface area contributed by atoms with Crippen molar-refractivity contribution in [3.8, 4) is 0 Å². The number of aryl methyl sites for hydroxylation is 2. The number of nitrogens with zero attached hydrogens (tertiary/aromatic N) is 1. The van der Waals surface area contributed by atoms with Crippen molar-refractivity contribution in [3.63, 3.8) is 0 Å². The van der Waals surface area contributed by atoms with Crippen LogP contribution in [0.5, 0.6) is 0 Å². The van der Waals surface area contributed by atoms with E-state index in [9.17, 15) is 0 Å². The van der Waals surface area contributed by atoms with Crippen LogP contribution in [0.15, 0.2) is 24.3 Å². The van der Waals surface area contributed by atoms with Crippen molar-refractivity contribution in [3.05, 3.63) is 46.0 Å². The smallest absolute Gasteiger partial charge is 0.180 e. The number of nitrogen functional groups attached to an aromatic ring is 1. The highest BCUT2D eigenvalue weighted by atomic mass is 32.1. The van der Waals surface area contributed by atoms with E-state index in [-0.39, 0.29) is 0 Å². The van der Waals surface area contributed by atoms with Gasteiger partial charge in [0.05, 0.1) is 5.69 Å². The summed E-state index contributed by atoms with van der Waals surface area (Å²) in [6.45, 7) is 2.15. The average molecular weight is 244 g/mol. The number of benzene rings is 1. The summed E-state index contributed by atoms with van der Waals surface area (Å²) < 4.78 is 0. The van der Waals surface area contributed by atoms with Crippen LogP contribution in [0.3, 0.4) is 0 Å². The number of hydrogen-bond donors (Lipinski definition) is 1. The highest BCUT2D eigenvalue weighted by molar-refractivity contribution is 7.15. The molecule has 1 atom stereocenters. The van der Waals surface area contributed by atoms with Crippen molar-refractivity contribution in [2.24, 2.45) is 0 Å². The zero-order chi connectivity index (χ0) is 11.8. The summed E-state index contributed by atoms with van der Waals surface area (Å²) >= 11 is 1.67. The molecule has 1 heterocycles. The monoisotopic (exact) mass is 244 g/mol. The van der Waals surface area contributed by atoms with E-state index >= 15 is 0 Å². The van der Waals surface area contributed by atoms with Crippen molar-refractivity contribution < 1.29 is 0 Å². The number of rotatable bonds is 1. The molecule has 0 bridgehead atoms. The first kappa shape index (κ1) is 10.8. The molecule has 1 aliphatic carbocycles. The third kappa shape index (κ3) is 1.95. The lowest BCUT2D eigenvalue weighted by Crippen LogP contribution is -2.09. The van der Waals surface area contributed by atoms with E-state index in [2.05, 4.69) is 36.2 Å². The molecule has 17 heavy (non-hydrogen) atoms. The van der Waals surface area contributed by atoms with Crippen molar-refractivity contribution >= 4 is 16.5 Å². The van der Waals surface area contributed by atoms with Crippen LogP contribution in [-0.2, 0) is 6.42 Å². The van der Waals surface area contributed by atoms with Crippen LogP contribution >= 0.6 is 11.3 Å². The minimum atomic E-state index is 0.508. The standard InChI is InChI=1S/C14H16N2S/c1-9-4-2-5-10(8-9)11-6-3-7-12-13(11)17-14(15)16-12/h2,4-5,8,11H,3,6-7H2,1H3,(H2,15,16). The van der Waals surface area contributed by atoms with E-state index in [1.54, 1.807) is 11.3 Å². The number of nitrogens with two attached hydrogens (primary N) is 1. The molecule has 0 aliphatic heterocycles. The van der Waals surface area contributed by atoms with E-state index in [0.717, 1.165) is 11.6 Å². The fraction of sp³-hybridized carbons (Fsp3) is 0.357. The van der Waals surface area contributed by atoms with E-state index in [1.165, 1.54) is 34.5 Å². The molecule has 1 aromatic carbocycles. The lowest BCUT2D eigenvalue weighted by atomic mass is 9.86. The Hall–Kier alpha value is -1.35. The van der Waals surface area contributed by atoms with Gasteiger partial charge in [-0.25, -0.2) is 4.98 Å². The van der Waals surface area contributed by atoms with Gasteiger partial charge in [-0.15, -0.1) is 11.3 Å². The average Bonchev–Trinajstić information content (AvgIpc) is 2.68. The van der Waals surface area contributed by atoms with E-state index < -0.39 is 0 Å². The predicted molar refractivity (Wildman–Crippen MR) is 72.5 cm³/mol. The summed E-state index contributed by atoms with van der Waals surface area (Å²) in [6, 6.07) is 8.80. The Bertz CT molecular complexity index is 545.